The van der Waals surface area contributed by atoms with Crippen molar-refractivity contribution >= 4 is 17.8 Å². The molecule has 0 saturated carbocycles. The molecule has 0 bridgehead atoms. The smallest absolute Gasteiger partial charge is 0.282 e. The van der Waals surface area contributed by atoms with Gasteiger partial charge in [0.15, 0.2) is 0 Å². The first-order chi connectivity index (χ1) is 13.5. The number of aromatic nitrogens is 2. The summed E-state index contributed by atoms with van der Waals surface area (Å²) in [5.74, 6) is -0.226. The third-order valence-electron chi connectivity index (χ3n) is 4.55. The molecule has 0 fully saturated rings. The van der Waals surface area contributed by atoms with Crippen molar-refractivity contribution < 1.29 is 13.6 Å². The predicted octanol–water partition coefficient (Wildman–Crippen LogP) is 5.15. The average molecular weight is 390 g/mol. The second kappa shape index (κ2) is 10.1. The zero-order valence-electron chi connectivity index (χ0n) is 16.9. The Morgan fingerprint density at radius 2 is 2.18 bits per heavy atom. The van der Waals surface area contributed by atoms with Crippen LogP contribution in [0.15, 0.2) is 29.4 Å². The lowest BCUT2D eigenvalue weighted by molar-refractivity contribution is 0.101. The molecular weight excluding hydrogens is 362 g/mol. The number of nitrogens with one attached hydrogen (secondary N) is 1. The van der Waals surface area contributed by atoms with Crippen LogP contribution in [0.1, 0.15) is 73.1 Å². The van der Waals surface area contributed by atoms with Crippen molar-refractivity contribution in [3.05, 3.63) is 46.8 Å². The van der Waals surface area contributed by atoms with Gasteiger partial charge in [0.05, 0.1) is 5.56 Å². The van der Waals surface area contributed by atoms with Crippen molar-refractivity contribution in [2.24, 2.45) is 12.0 Å². The Hall–Kier alpha value is -2.57. The molecule has 1 atom stereocenters. The fourth-order valence-corrected chi connectivity index (χ4v) is 3.35. The number of aryl methyl sites for hydroxylation is 1. The van der Waals surface area contributed by atoms with Gasteiger partial charge in [-0.3, -0.25) is 14.5 Å². The number of alkyl halides is 2. The van der Waals surface area contributed by atoms with E-state index in [0.717, 1.165) is 31.4 Å². The maximum absolute atomic E-state index is 13.1. The van der Waals surface area contributed by atoms with Gasteiger partial charge in [0.2, 0.25) is 0 Å². The van der Waals surface area contributed by atoms with Crippen LogP contribution in [0, 0.1) is 0 Å². The highest BCUT2D eigenvalue weighted by atomic mass is 19.3. The van der Waals surface area contributed by atoms with Gasteiger partial charge >= 0.3 is 0 Å². The van der Waals surface area contributed by atoms with Gasteiger partial charge in [0, 0.05) is 25.5 Å². The second-order valence-corrected chi connectivity index (χ2v) is 6.42. The van der Waals surface area contributed by atoms with Crippen LogP contribution < -0.4 is 5.32 Å². The summed E-state index contributed by atoms with van der Waals surface area (Å²) in [5, 5.41) is 6.48. The Bertz CT molecular complexity index is 830. The van der Waals surface area contributed by atoms with E-state index >= 15 is 0 Å². The molecule has 152 valence electrons. The van der Waals surface area contributed by atoms with Crippen LogP contribution in [0.25, 0.3) is 0 Å². The summed E-state index contributed by atoms with van der Waals surface area (Å²) in [5.41, 5.74) is 2.38. The van der Waals surface area contributed by atoms with E-state index in [2.05, 4.69) is 15.4 Å². The van der Waals surface area contributed by atoms with E-state index in [-0.39, 0.29) is 5.56 Å². The van der Waals surface area contributed by atoms with Gasteiger partial charge in [-0.15, -0.1) is 0 Å². The molecular formula is C21H28F2N4O. The number of carbonyl (C=O) groups is 1. The number of aliphatic imine (C=N–C) groups is 1. The third-order valence-corrected chi connectivity index (χ3v) is 4.55. The molecule has 0 spiro atoms. The largest absolute Gasteiger partial charge is 0.322 e. The van der Waals surface area contributed by atoms with E-state index in [0.29, 0.717) is 11.6 Å². The first-order valence-electron chi connectivity index (χ1n) is 9.74. The molecule has 1 heterocycles. The molecule has 3 rings (SSSR count). The summed E-state index contributed by atoms with van der Waals surface area (Å²) in [6.07, 6.45) is 3.21. The number of carbonyl (C=O) groups excluding carboxylic acids is 1. The molecule has 1 unspecified atom stereocenters. The van der Waals surface area contributed by atoms with Gasteiger partial charge < -0.3 is 5.32 Å². The first-order valence-corrected chi connectivity index (χ1v) is 9.74. The highest BCUT2D eigenvalue weighted by Crippen LogP contribution is 2.42. The number of hydrogen-bond acceptors (Lipinski definition) is 3. The Labute approximate surface area is 164 Å². The fraction of sp³-hybridized carbons (Fsp3) is 0.476. The van der Waals surface area contributed by atoms with Crippen molar-refractivity contribution in [3.8, 4) is 0 Å². The Morgan fingerprint density at radius 3 is 2.86 bits per heavy atom. The molecule has 1 aliphatic carbocycles. The number of nitrogens with zero attached hydrogens (tertiary/aromatic N) is 3. The Morgan fingerprint density at radius 1 is 1.43 bits per heavy atom. The summed E-state index contributed by atoms with van der Waals surface area (Å²) in [4.78, 5) is 16.9. The van der Waals surface area contributed by atoms with Crippen LogP contribution in [-0.4, -0.2) is 28.4 Å². The van der Waals surface area contributed by atoms with Gasteiger partial charge in [0.1, 0.15) is 5.69 Å². The molecule has 0 radical (unpaired) electrons. The monoisotopic (exact) mass is 390 g/mol. The van der Waals surface area contributed by atoms with E-state index in [1.54, 1.807) is 0 Å². The molecule has 1 aromatic heterocycles. The lowest BCUT2D eigenvalue weighted by Crippen LogP contribution is -2.23. The van der Waals surface area contributed by atoms with Crippen molar-refractivity contribution in [1.82, 2.24) is 9.78 Å². The van der Waals surface area contributed by atoms with Gasteiger partial charge in [-0.25, -0.2) is 8.78 Å². The number of rotatable bonds is 7. The maximum Gasteiger partial charge on any atom is 0.282 e. The van der Waals surface area contributed by atoms with E-state index in [4.69, 9.17) is 0 Å². The normalized spacial score (nSPS) is 15.0. The van der Waals surface area contributed by atoms with Gasteiger partial charge in [-0.05, 0) is 48.6 Å². The van der Waals surface area contributed by atoms with Crippen LogP contribution in [0.4, 0.5) is 14.5 Å². The van der Waals surface area contributed by atoms with Crippen molar-refractivity contribution in [3.63, 3.8) is 0 Å². The van der Waals surface area contributed by atoms with Crippen LogP contribution in [-0.2, 0) is 13.5 Å². The van der Waals surface area contributed by atoms with E-state index < -0.39 is 18.0 Å². The van der Waals surface area contributed by atoms with Crippen molar-refractivity contribution in [2.45, 2.75) is 52.4 Å². The summed E-state index contributed by atoms with van der Waals surface area (Å²) < 4.78 is 27.4. The molecule has 1 aliphatic rings. The zero-order chi connectivity index (χ0) is 20.7. The number of fused-ring (bicyclic) bond motifs is 1. The molecule has 0 aliphatic heterocycles. The molecule has 1 amide bonds. The summed E-state index contributed by atoms with van der Waals surface area (Å²) in [6, 6.07) is 5.72. The van der Waals surface area contributed by atoms with E-state index in [1.807, 2.05) is 45.2 Å². The number of anilines is 1. The van der Waals surface area contributed by atoms with E-state index in [1.165, 1.54) is 23.5 Å². The topological polar surface area (TPSA) is 59.3 Å². The van der Waals surface area contributed by atoms with Gasteiger partial charge in [-0.2, -0.15) is 5.10 Å². The number of halogens is 2. The zero-order valence-corrected chi connectivity index (χ0v) is 16.9. The number of amides is 1. The summed E-state index contributed by atoms with van der Waals surface area (Å²) in [7, 11) is 1.52. The predicted molar refractivity (Wildman–Crippen MR) is 109 cm³/mol. The van der Waals surface area contributed by atoms with Crippen LogP contribution in [0.5, 0.6) is 0 Å². The Balaban J connectivity index is 0.00000136. The molecule has 1 N–H and O–H groups in total. The molecule has 7 heteroatoms. The standard InChI is InChI=1S/C19H22F2N4O.C2H6/c1-3-8-22-9-7-13-10-12-5-4-6-15(16(12)13)23-19(26)14-11-25(2)24-17(14)18(20)21;1-2/h4-6,8,11,13,18H,3,7,9-10H2,1-2H3,(H,23,26);1-2H3. The lowest BCUT2D eigenvalue weighted by Gasteiger charge is -2.32. The SMILES string of the molecule is CC.CCC=NCCC1Cc2cccc(NC(=O)c3cn(C)nc3C(F)F)c21. The summed E-state index contributed by atoms with van der Waals surface area (Å²) >= 11 is 0. The second-order valence-electron chi connectivity index (χ2n) is 6.42. The highest BCUT2D eigenvalue weighted by molar-refractivity contribution is 6.05. The quantitative estimate of drug-likeness (QED) is 0.665. The maximum atomic E-state index is 13.1. The summed E-state index contributed by atoms with van der Waals surface area (Å²) in [6.45, 7) is 6.79. The van der Waals surface area contributed by atoms with Crippen molar-refractivity contribution in [2.75, 3.05) is 11.9 Å². The van der Waals surface area contributed by atoms with Crippen LogP contribution in [0.2, 0.25) is 0 Å². The molecule has 1 aromatic carbocycles. The molecule has 28 heavy (non-hydrogen) atoms. The van der Waals surface area contributed by atoms with Crippen LogP contribution in [0.3, 0.4) is 0 Å². The Kier molecular flexibility index (Phi) is 7.84. The molecule has 0 saturated heterocycles. The van der Waals surface area contributed by atoms with Gasteiger partial charge in [-0.1, -0.05) is 32.9 Å². The third kappa shape index (κ3) is 4.82. The minimum Gasteiger partial charge on any atom is -0.322 e. The van der Waals surface area contributed by atoms with Gasteiger partial charge in [0.25, 0.3) is 12.3 Å². The fourth-order valence-electron chi connectivity index (χ4n) is 3.35. The lowest BCUT2D eigenvalue weighted by atomic mass is 9.74. The number of benzene rings is 1. The first kappa shape index (κ1) is 21.7. The van der Waals surface area contributed by atoms with Crippen LogP contribution >= 0.6 is 0 Å². The minimum absolute atomic E-state index is 0.0940. The van der Waals surface area contributed by atoms with E-state index in [9.17, 15) is 13.6 Å². The number of hydrogen-bond donors (Lipinski definition) is 1. The molecule has 2 aromatic rings. The average Bonchev–Trinajstić information content (AvgIpc) is 3.06. The minimum atomic E-state index is -2.79. The van der Waals surface area contributed by atoms with Crippen molar-refractivity contribution in [1.29, 1.82) is 0 Å². The molecule has 5 nitrogen and oxygen atoms in total. The highest BCUT2D eigenvalue weighted by Gasteiger charge is 2.30.